The van der Waals surface area contributed by atoms with E-state index in [1.54, 1.807) is 0 Å². The summed E-state index contributed by atoms with van der Waals surface area (Å²) < 4.78 is 5.23. The number of aromatic amines is 1. The zero-order valence-corrected chi connectivity index (χ0v) is 11.8. The summed E-state index contributed by atoms with van der Waals surface area (Å²) in [4.78, 5) is 9.75. The smallest absolute Gasteiger partial charge is 0.137 e. The Morgan fingerprint density at radius 3 is 2.95 bits per heavy atom. The maximum atomic E-state index is 10.2. The molecular weight excluding hydrogens is 256 g/mol. The van der Waals surface area contributed by atoms with Crippen LogP contribution in [0.25, 0.3) is 0 Å². The van der Waals surface area contributed by atoms with Crippen LogP contribution in [0.3, 0.4) is 0 Å². The molecule has 6 nitrogen and oxygen atoms in total. The summed E-state index contributed by atoms with van der Waals surface area (Å²) >= 11 is 0. The summed E-state index contributed by atoms with van der Waals surface area (Å²) in [5.74, 6) is 1.99. The van der Waals surface area contributed by atoms with E-state index in [0.717, 1.165) is 42.5 Å². The highest BCUT2D eigenvalue weighted by Crippen LogP contribution is 2.23. The number of likely N-dealkylation sites (tertiary alicyclic amines) is 1. The first-order chi connectivity index (χ1) is 9.60. The summed E-state index contributed by atoms with van der Waals surface area (Å²) in [7, 11) is 0. The molecule has 0 unspecified atom stereocenters. The molecule has 0 amide bonds. The Kier molecular flexibility index (Phi) is 3.58. The van der Waals surface area contributed by atoms with Crippen LogP contribution in [0.2, 0.25) is 0 Å². The fraction of sp³-hybridized carbons (Fsp3) is 0.571. The van der Waals surface area contributed by atoms with E-state index in [0.29, 0.717) is 6.54 Å². The van der Waals surface area contributed by atoms with Crippen molar-refractivity contribution in [1.82, 2.24) is 20.0 Å². The molecule has 1 aliphatic rings. The molecular formula is C14H20N4O2. The lowest BCUT2D eigenvalue weighted by atomic mass is 10.0. The highest BCUT2D eigenvalue weighted by atomic mass is 16.5. The molecule has 2 N–H and O–H groups in total. The Morgan fingerprint density at radius 1 is 1.45 bits per heavy atom. The fourth-order valence-corrected chi connectivity index (χ4v) is 2.80. The maximum Gasteiger partial charge on any atom is 0.137 e. The van der Waals surface area contributed by atoms with Gasteiger partial charge in [-0.15, -0.1) is 0 Å². The van der Waals surface area contributed by atoms with Gasteiger partial charge in [-0.1, -0.05) is 5.16 Å². The molecule has 6 heteroatoms. The fourth-order valence-electron chi connectivity index (χ4n) is 2.80. The van der Waals surface area contributed by atoms with E-state index in [-0.39, 0.29) is 12.0 Å². The molecule has 2 aromatic rings. The van der Waals surface area contributed by atoms with E-state index in [1.807, 2.05) is 26.1 Å². The topological polar surface area (TPSA) is 78.2 Å². The van der Waals surface area contributed by atoms with Gasteiger partial charge in [0.1, 0.15) is 11.6 Å². The molecule has 20 heavy (non-hydrogen) atoms. The van der Waals surface area contributed by atoms with Crippen LogP contribution in [-0.4, -0.2) is 44.3 Å². The number of hydrogen-bond acceptors (Lipinski definition) is 5. The first-order valence-corrected chi connectivity index (χ1v) is 6.93. The standard InChI is InChI=1S/C14H20N4O2/c1-9-3-12(20-17-9)4-11-6-18(7-13(11)19)8-14-15-5-10(2)16-14/h3,5,11,13,19H,4,6-8H2,1-2H3,(H,15,16)/t11-,13+/m1/s1. The monoisotopic (exact) mass is 276 g/mol. The second-order valence-corrected chi connectivity index (χ2v) is 5.67. The maximum absolute atomic E-state index is 10.2. The van der Waals surface area contributed by atoms with Gasteiger partial charge in [0.25, 0.3) is 0 Å². The molecule has 2 aromatic heterocycles. The summed E-state index contributed by atoms with van der Waals surface area (Å²) in [6, 6.07) is 1.94. The molecule has 0 saturated carbocycles. The van der Waals surface area contributed by atoms with Crippen molar-refractivity contribution in [2.24, 2.45) is 5.92 Å². The third kappa shape index (κ3) is 2.91. The summed E-state index contributed by atoms with van der Waals surface area (Å²) in [6.07, 6.45) is 2.24. The summed E-state index contributed by atoms with van der Waals surface area (Å²) in [6.45, 7) is 6.17. The van der Waals surface area contributed by atoms with Crippen molar-refractivity contribution in [2.75, 3.05) is 13.1 Å². The Morgan fingerprint density at radius 2 is 2.30 bits per heavy atom. The van der Waals surface area contributed by atoms with Gasteiger partial charge in [0, 0.05) is 43.4 Å². The highest BCUT2D eigenvalue weighted by molar-refractivity contribution is 5.06. The molecule has 0 spiro atoms. The molecule has 1 aliphatic heterocycles. The number of aliphatic hydroxyl groups excluding tert-OH is 1. The lowest BCUT2D eigenvalue weighted by Gasteiger charge is -2.13. The van der Waals surface area contributed by atoms with Crippen molar-refractivity contribution >= 4 is 0 Å². The van der Waals surface area contributed by atoms with Gasteiger partial charge in [-0.05, 0) is 13.8 Å². The van der Waals surface area contributed by atoms with E-state index in [9.17, 15) is 5.11 Å². The second kappa shape index (κ2) is 5.38. The van der Waals surface area contributed by atoms with Gasteiger partial charge < -0.3 is 14.6 Å². The third-order valence-corrected chi connectivity index (χ3v) is 3.75. The first-order valence-electron chi connectivity index (χ1n) is 6.93. The second-order valence-electron chi connectivity index (χ2n) is 5.67. The molecule has 2 atom stereocenters. The summed E-state index contributed by atoms with van der Waals surface area (Å²) in [5.41, 5.74) is 1.95. The van der Waals surface area contributed by atoms with Crippen LogP contribution in [-0.2, 0) is 13.0 Å². The molecule has 0 aromatic carbocycles. The van der Waals surface area contributed by atoms with Crippen molar-refractivity contribution in [3.05, 3.63) is 35.2 Å². The molecule has 3 rings (SSSR count). The predicted octanol–water partition coefficient (Wildman–Crippen LogP) is 1.05. The SMILES string of the molecule is Cc1cc(C[C@@H]2CN(Cc3ncc(C)[nH]3)C[C@@H]2O)on1. The average molecular weight is 276 g/mol. The van der Waals surface area contributed by atoms with Gasteiger partial charge >= 0.3 is 0 Å². The minimum absolute atomic E-state index is 0.193. The molecule has 0 bridgehead atoms. The number of aryl methyl sites for hydroxylation is 2. The Hall–Kier alpha value is -1.66. The first kappa shape index (κ1) is 13.3. The van der Waals surface area contributed by atoms with Crippen LogP contribution in [0, 0.1) is 19.8 Å². The largest absolute Gasteiger partial charge is 0.391 e. The van der Waals surface area contributed by atoms with Crippen LogP contribution >= 0.6 is 0 Å². The van der Waals surface area contributed by atoms with Crippen molar-refractivity contribution < 1.29 is 9.63 Å². The van der Waals surface area contributed by atoms with Crippen LogP contribution < -0.4 is 0 Å². The van der Waals surface area contributed by atoms with E-state index < -0.39 is 0 Å². The highest BCUT2D eigenvalue weighted by Gasteiger charge is 2.32. The normalized spacial score (nSPS) is 23.6. The third-order valence-electron chi connectivity index (χ3n) is 3.75. The van der Waals surface area contributed by atoms with Gasteiger partial charge in [0.15, 0.2) is 0 Å². The minimum Gasteiger partial charge on any atom is -0.391 e. The van der Waals surface area contributed by atoms with Crippen molar-refractivity contribution in [3.8, 4) is 0 Å². The zero-order valence-electron chi connectivity index (χ0n) is 11.8. The molecule has 1 saturated heterocycles. The van der Waals surface area contributed by atoms with Crippen LogP contribution in [0.4, 0.5) is 0 Å². The number of rotatable bonds is 4. The number of nitrogens with zero attached hydrogens (tertiary/aromatic N) is 3. The van der Waals surface area contributed by atoms with Crippen LogP contribution in [0.15, 0.2) is 16.8 Å². The van der Waals surface area contributed by atoms with Gasteiger partial charge in [-0.25, -0.2) is 4.98 Å². The van der Waals surface area contributed by atoms with Crippen molar-refractivity contribution in [3.63, 3.8) is 0 Å². The Labute approximate surface area is 117 Å². The average Bonchev–Trinajstić information content (AvgIpc) is 3.05. The zero-order chi connectivity index (χ0) is 14.1. The van der Waals surface area contributed by atoms with Crippen molar-refractivity contribution in [1.29, 1.82) is 0 Å². The minimum atomic E-state index is -0.323. The van der Waals surface area contributed by atoms with Gasteiger partial charge in [-0.2, -0.15) is 0 Å². The number of imidazole rings is 1. The lowest BCUT2D eigenvalue weighted by Crippen LogP contribution is -2.22. The van der Waals surface area contributed by atoms with E-state index in [1.165, 1.54) is 0 Å². The number of aromatic nitrogens is 3. The molecule has 108 valence electrons. The van der Waals surface area contributed by atoms with E-state index in [4.69, 9.17) is 4.52 Å². The molecule has 0 radical (unpaired) electrons. The molecule has 0 aliphatic carbocycles. The lowest BCUT2D eigenvalue weighted by molar-refractivity contribution is 0.137. The summed E-state index contributed by atoms with van der Waals surface area (Å²) in [5, 5.41) is 14.1. The van der Waals surface area contributed by atoms with E-state index >= 15 is 0 Å². The van der Waals surface area contributed by atoms with Gasteiger partial charge in [-0.3, -0.25) is 4.90 Å². The predicted molar refractivity (Wildman–Crippen MR) is 73.0 cm³/mol. The number of H-pyrrole nitrogens is 1. The number of hydrogen-bond donors (Lipinski definition) is 2. The number of nitrogens with one attached hydrogen (secondary N) is 1. The Balaban J connectivity index is 1.59. The van der Waals surface area contributed by atoms with E-state index in [2.05, 4.69) is 20.0 Å². The van der Waals surface area contributed by atoms with Gasteiger partial charge in [0.05, 0.1) is 18.3 Å². The van der Waals surface area contributed by atoms with Crippen LogP contribution in [0.5, 0.6) is 0 Å². The molecule has 3 heterocycles. The Bertz CT molecular complexity index is 577. The number of aliphatic hydroxyl groups is 1. The van der Waals surface area contributed by atoms with Gasteiger partial charge in [0.2, 0.25) is 0 Å². The quantitative estimate of drug-likeness (QED) is 0.872. The number of β-amino-alcohol motifs (C(OH)–C–C–N with tert-alkyl or cyclic N) is 1. The van der Waals surface area contributed by atoms with Crippen LogP contribution in [0.1, 0.15) is 23.0 Å². The van der Waals surface area contributed by atoms with Crippen molar-refractivity contribution in [2.45, 2.75) is 32.9 Å². The molecule has 1 fully saturated rings.